The summed E-state index contributed by atoms with van der Waals surface area (Å²) in [7, 11) is 0. The Hall–Kier alpha value is -2.22. The van der Waals surface area contributed by atoms with E-state index < -0.39 is 6.10 Å². The maximum absolute atomic E-state index is 12.1. The molecule has 4 nitrogen and oxygen atoms in total. The molecule has 2 aromatic carbocycles. The van der Waals surface area contributed by atoms with Crippen molar-refractivity contribution in [3.8, 4) is 11.8 Å². The van der Waals surface area contributed by atoms with Gasteiger partial charge in [0.05, 0.1) is 11.6 Å². The minimum absolute atomic E-state index is 0.319. The molecule has 112 valence electrons. The number of nitrogens with one attached hydrogen (secondary N) is 1. The molecule has 0 saturated carbocycles. The molecule has 0 bridgehead atoms. The van der Waals surface area contributed by atoms with E-state index in [2.05, 4.69) is 5.32 Å². The number of hydrogen-bond acceptors (Lipinski definition) is 3. The molecule has 1 atom stereocenters. The number of carbonyl (C=O) groups is 1. The van der Waals surface area contributed by atoms with Crippen LogP contribution >= 0.6 is 23.2 Å². The summed E-state index contributed by atoms with van der Waals surface area (Å²) in [6.07, 6.45) is -0.731. The molecule has 0 radical (unpaired) electrons. The monoisotopic (exact) mass is 334 g/mol. The first-order valence-corrected chi connectivity index (χ1v) is 7.17. The van der Waals surface area contributed by atoms with Crippen molar-refractivity contribution in [1.29, 1.82) is 5.26 Å². The number of hydrogen-bond donors (Lipinski definition) is 1. The summed E-state index contributed by atoms with van der Waals surface area (Å²) in [5.41, 5.74) is 1.11. The van der Waals surface area contributed by atoms with Gasteiger partial charge in [0.1, 0.15) is 5.75 Å². The van der Waals surface area contributed by atoms with Crippen molar-refractivity contribution < 1.29 is 9.53 Å². The van der Waals surface area contributed by atoms with Gasteiger partial charge in [0, 0.05) is 15.7 Å². The summed E-state index contributed by atoms with van der Waals surface area (Å²) in [6.45, 7) is 1.62. The van der Waals surface area contributed by atoms with E-state index in [1.54, 1.807) is 49.4 Å². The van der Waals surface area contributed by atoms with Crippen molar-refractivity contribution in [2.24, 2.45) is 0 Å². The van der Waals surface area contributed by atoms with Gasteiger partial charge in [0.15, 0.2) is 6.10 Å². The number of anilines is 1. The Labute approximate surface area is 138 Å². The lowest BCUT2D eigenvalue weighted by atomic mass is 10.2. The van der Waals surface area contributed by atoms with Crippen molar-refractivity contribution in [1.82, 2.24) is 0 Å². The third kappa shape index (κ3) is 4.39. The molecular weight excluding hydrogens is 323 g/mol. The number of nitrogens with zero attached hydrogens (tertiary/aromatic N) is 1. The fraction of sp³-hybridized carbons (Fsp3) is 0.125. The highest BCUT2D eigenvalue weighted by Crippen LogP contribution is 2.25. The Kier molecular flexibility index (Phi) is 5.26. The fourth-order valence-electron chi connectivity index (χ4n) is 1.73. The van der Waals surface area contributed by atoms with Crippen molar-refractivity contribution in [2.45, 2.75) is 13.0 Å². The number of rotatable bonds is 4. The van der Waals surface area contributed by atoms with Crippen LogP contribution in [0.25, 0.3) is 0 Å². The molecule has 0 fully saturated rings. The molecule has 2 rings (SSSR count). The first-order valence-electron chi connectivity index (χ1n) is 6.41. The van der Waals surface area contributed by atoms with Gasteiger partial charge >= 0.3 is 0 Å². The largest absolute Gasteiger partial charge is 0.481 e. The van der Waals surface area contributed by atoms with Crippen molar-refractivity contribution >= 4 is 34.8 Å². The molecule has 0 aliphatic rings. The van der Waals surface area contributed by atoms with Gasteiger partial charge in [-0.2, -0.15) is 5.26 Å². The Bertz CT molecular complexity index is 704. The third-order valence-corrected chi connectivity index (χ3v) is 3.24. The average molecular weight is 335 g/mol. The molecule has 2 aromatic rings. The predicted molar refractivity (Wildman–Crippen MR) is 86.3 cm³/mol. The molecule has 0 aromatic heterocycles. The lowest BCUT2D eigenvalue weighted by molar-refractivity contribution is -0.122. The van der Waals surface area contributed by atoms with Gasteiger partial charge in [-0.3, -0.25) is 4.79 Å². The lowest BCUT2D eigenvalue weighted by Gasteiger charge is -2.15. The van der Waals surface area contributed by atoms with Crippen LogP contribution in [-0.2, 0) is 4.79 Å². The second kappa shape index (κ2) is 7.17. The van der Waals surface area contributed by atoms with E-state index in [-0.39, 0.29) is 5.91 Å². The van der Waals surface area contributed by atoms with Crippen LogP contribution in [0.5, 0.6) is 5.75 Å². The molecule has 0 heterocycles. The van der Waals surface area contributed by atoms with Gasteiger partial charge in [0.25, 0.3) is 5.91 Å². The van der Waals surface area contributed by atoms with E-state index in [4.69, 9.17) is 33.2 Å². The highest BCUT2D eigenvalue weighted by Gasteiger charge is 2.15. The molecule has 0 unspecified atom stereocenters. The summed E-state index contributed by atoms with van der Waals surface area (Å²) in [5, 5.41) is 12.3. The minimum Gasteiger partial charge on any atom is -0.481 e. The van der Waals surface area contributed by atoms with Gasteiger partial charge in [-0.15, -0.1) is 0 Å². The zero-order valence-electron chi connectivity index (χ0n) is 11.6. The SMILES string of the molecule is C[C@@H](Oc1cc(Cl)cc(Cl)c1)C(=O)Nc1ccc(C#N)cc1. The second-order valence-electron chi connectivity index (χ2n) is 4.54. The summed E-state index contributed by atoms with van der Waals surface area (Å²) >= 11 is 11.8. The zero-order valence-corrected chi connectivity index (χ0v) is 13.2. The van der Waals surface area contributed by atoms with Crippen LogP contribution in [0.15, 0.2) is 42.5 Å². The molecule has 1 N–H and O–H groups in total. The molecule has 6 heteroatoms. The second-order valence-corrected chi connectivity index (χ2v) is 5.42. The first-order chi connectivity index (χ1) is 10.5. The number of nitriles is 1. The van der Waals surface area contributed by atoms with Crippen LogP contribution in [0.3, 0.4) is 0 Å². The van der Waals surface area contributed by atoms with Crippen LogP contribution < -0.4 is 10.1 Å². The first kappa shape index (κ1) is 16.2. The van der Waals surface area contributed by atoms with Gasteiger partial charge in [0.2, 0.25) is 0 Å². The van der Waals surface area contributed by atoms with Crippen molar-refractivity contribution in [2.75, 3.05) is 5.32 Å². The molecule has 0 aliphatic heterocycles. The smallest absolute Gasteiger partial charge is 0.265 e. The number of benzene rings is 2. The van der Waals surface area contributed by atoms with Gasteiger partial charge in [-0.05, 0) is 49.4 Å². The fourth-order valence-corrected chi connectivity index (χ4v) is 2.23. The summed E-state index contributed by atoms with van der Waals surface area (Å²) < 4.78 is 5.52. The number of amides is 1. The summed E-state index contributed by atoms with van der Waals surface area (Å²) in [5.74, 6) is 0.0979. The average Bonchev–Trinajstić information content (AvgIpc) is 2.46. The highest BCUT2D eigenvalue weighted by molar-refractivity contribution is 6.34. The van der Waals surface area contributed by atoms with Gasteiger partial charge < -0.3 is 10.1 Å². The molecule has 0 spiro atoms. The predicted octanol–water partition coefficient (Wildman–Crippen LogP) is 4.27. The van der Waals surface area contributed by atoms with Crippen molar-refractivity contribution in [3.63, 3.8) is 0 Å². The maximum atomic E-state index is 12.1. The topological polar surface area (TPSA) is 62.1 Å². The molecule has 22 heavy (non-hydrogen) atoms. The van der Waals surface area contributed by atoms with E-state index in [0.29, 0.717) is 27.0 Å². The highest BCUT2D eigenvalue weighted by atomic mass is 35.5. The standard InChI is InChI=1S/C16H12Cl2N2O2/c1-10(22-15-7-12(17)6-13(18)8-15)16(21)20-14-4-2-11(9-19)3-5-14/h2-8,10H,1H3,(H,20,21)/t10-/m1/s1. The zero-order chi connectivity index (χ0) is 16.1. The summed E-state index contributed by atoms with van der Waals surface area (Å²) in [4.78, 5) is 12.1. The quantitative estimate of drug-likeness (QED) is 0.907. The minimum atomic E-state index is -0.731. The van der Waals surface area contributed by atoms with Gasteiger partial charge in [-0.1, -0.05) is 23.2 Å². The Balaban J connectivity index is 2.00. The van der Waals surface area contributed by atoms with E-state index >= 15 is 0 Å². The van der Waals surface area contributed by atoms with Crippen LogP contribution in [-0.4, -0.2) is 12.0 Å². The molecular formula is C16H12Cl2N2O2. The van der Waals surface area contributed by atoms with Crippen LogP contribution in [0.2, 0.25) is 10.0 Å². The Morgan fingerprint density at radius 3 is 2.32 bits per heavy atom. The lowest BCUT2D eigenvalue weighted by Crippen LogP contribution is -2.30. The normalized spacial score (nSPS) is 11.4. The van der Waals surface area contributed by atoms with E-state index in [1.165, 1.54) is 0 Å². The number of ether oxygens (including phenoxy) is 1. The molecule has 0 aliphatic carbocycles. The third-order valence-electron chi connectivity index (χ3n) is 2.80. The van der Waals surface area contributed by atoms with E-state index in [0.717, 1.165) is 0 Å². The van der Waals surface area contributed by atoms with Crippen LogP contribution in [0.4, 0.5) is 5.69 Å². The van der Waals surface area contributed by atoms with Gasteiger partial charge in [-0.25, -0.2) is 0 Å². The maximum Gasteiger partial charge on any atom is 0.265 e. The molecule has 1 amide bonds. The summed E-state index contributed by atoms with van der Waals surface area (Å²) in [6, 6.07) is 13.3. The Morgan fingerprint density at radius 1 is 1.18 bits per heavy atom. The van der Waals surface area contributed by atoms with Crippen LogP contribution in [0.1, 0.15) is 12.5 Å². The van der Waals surface area contributed by atoms with E-state index in [1.807, 2.05) is 6.07 Å². The van der Waals surface area contributed by atoms with Crippen molar-refractivity contribution in [3.05, 3.63) is 58.1 Å². The molecule has 0 saturated heterocycles. The Morgan fingerprint density at radius 2 is 1.77 bits per heavy atom. The number of halogens is 2. The van der Waals surface area contributed by atoms with E-state index in [9.17, 15) is 4.79 Å². The number of carbonyl (C=O) groups excluding carboxylic acids is 1. The van der Waals surface area contributed by atoms with Crippen LogP contribution in [0, 0.1) is 11.3 Å².